The second kappa shape index (κ2) is 5.71. The smallest absolute Gasteiger partial charge is 0.125 e. The molecule has 17 heavy (non-hydrogen) atoms. The molecule has 1 rings (SSSR count). The minimum absolute atomic E-state index is 0.114. The number of halogens is 1. The fourth-order valence-electron chi connectivity index (χ4n) is 1.26. The molecule has 4 heteroatoms. The molecule has 0 heterocycles. The molecule has 0 aromatic heterocycles. The van der Waals surface area contributed by atoms with Crippen LogP contribution in [0.25, 0.3) is 0 Å². The van der Waals surface area contributed by atoms with Crippen LogP contribution in [0.4, 0.5) is 0 Å². The molecule has 3 N–H and O–H groups in total. The minimum atomic E-state index is -0.867. The normalized spacial score (nSPS) is 14.8. The Balaban J connectivity index is 2.79. The van der Waals surface area contributed by atoms with Crippen molar-refractivity contribution in [3.63, 3.8) is 0 Å². The van der Waals surface area contributed by atoms with Crippen molar-refractivity contribution < 1.29 is 9.84 Å². The van der Waals surface area contributed by atoms with Crippen LogP contribution in [-0.2, 0) is 6.54 Å². The lowest BCUT2D eigenvalue weighted by atomic mass is 9.94. The summed E-state index contributed by atoms with van der Waals surface area (Å²) in [5.74, 6) is 0.754. The van der Waals surface area contributed by atoms with Crippen molar-refractivity contribution in [3.8, 4) is 5.75 Å². The van der Waals surface area contributed by atoms with E-state index >= 15 is 0 Å². The Bertz CT molecular complexity index is 378. The third-order valence-corrected chi connectivity index (χ3v) is 3.40. The average molecular weight is 258 g/mol. The van der Waals surface area contributed by atoms with Gasteiger partial charge in [-0.2, -0.15) is 0 Å². The largest absolute Gasteiger partial charge is 0.490 e. The van der Waals surface area contributed by atoms with Gasteiger partial charge >= 0.3 is 0 Å². The van der Waals surface area contributed by atoms with Crippen LogP contribution >= 0.6 is 11.6 Å². The summed E-state index contributed by atoms with van der Waals surface area (Å²) in [5.41, 5.74) is 5.53. The first-order valence-electron chi connectivity index (χ1n) is 5.71. The van der Waals surface area contributed by atoms with Crippen LogP contribution in [0.5, 0.6) is 5.75 Å². The highest BCUT2D eigenvalue weighted by atomic mass is 35.5. The number of hydrogen-bond acceptors (Lipinski definition) is 3. The first-order valence-corrected chi connectivity index (χ1v) is 6.09. The maximum atomic E-state index is 10.1. The summed E-state index contributed by atoms with van der Waals surface area (Å²) in [4.78, 5) is 0. The van der Waals surface area contributed by atoms with Crippen molar-refractivity contribution in [2.45, 2.75) is 32.9 Å². The van der Waals surface area contributed by atoms with Crippen LogP contribution in [0, 0.1) is 5.92 Å². The maximum Gasteiger partial charge on any atom is 0.125 e. The van der Waals surface area contributed by atoms with E-state index < -0.39 is 5.60 Å². The quantitative estimate of drug-likeness (QED) is 0.853. The molecule has 0 aliphatic rings. The van der Waals surface area contributed by atoms with Crippen LogP contribution in [0.15, 0.2) is 18.2 Å². The van der Waals surface area contributed by atoms with Crippen LogP contribution in [0.2, 0.25) is 5.02 Å². The minimum Gasteiger partial charge on any atom is -0.490 e. The molecule has 0 aliphatic heterocycles. The number of aliphatic hydroxyl groups is 1. The number of ether oxygens (including phenoxy) is 1. The zero-order valence-corrected chi connectivity index (χ0v) is 11.3. The highest BCUT2D eigenvalue weighted by Crippen LogP contribution is 2.27. The Morgan fingerprint density at radius 3 is 2.65 bits per heavy atom. The molecule has 3 nitrogen and oxygen atoms in total. The lowest BCUT2D eigenvalue weighted by molar-refractivity contribution is -0.0268. The topological polar surface area (TPSA) is 55.5 Å². The zero-order chi connectivity index (χ0) is 13.1. The van der Waals surface area contributed by atoms with Gasteiger partial charge in [0, 0.05) is 17.1 Å². The van der Waals surface area contributed by atoms with Gasteiger partial charge in [0.05, 0.1) is 5.60 Å². The van der Waals surface area contributed by atoms with E-state index in [4.69, 9.17) is 22.1 Å². The van der Waals surface area contributed by atoms with Gasteiger partial charge in [0.2, 0.25) is 0 Å². The summed E-state index contributed by atoms with van der Waals surface area (Å²) in [6.45, 7) is 6.19. The van der Waals surface area contributed by atoms with E-state index in [1.54, 1.807) is 19.1 Å². The van der Waals surface area contributed by atoms with Gasteiger partial charge in [0.1, 0.15) is 12.4 Å². The van der Waals surface area contributed by atoms with Crippen molar-refractivity contribution in [2.75, 3.05) is 6.61 Å². The average Bonchev–Trinajstić information content (AvgIpc) is 2.26. The lowest BCUT2D eigenvalue weighted by Crippen LogP contribution is -2.38. The molecular formula is C13H20ClNO2. The van der Waals surface area contributed by atoms with Crippen molar-refractivity contribution >= 4 is 11.6 Å². The van der Waals surface area contributed by atoms with Crippen molar-refractivity contribution in [1.29, 1.82) is 0 Å². The molecule has 1 atom stereocenters. The van der Waals surface area contributed by atoms with E-state index in [9.17, 15) is 5.11 Å². The van der Waals surface area contributed by atoms with Crippen LogP contribution < -0.4 is 10.5 Å². The summed E-state index contributed by atoms with van der Waals surface area (Å²) < 4.78 is 5.62. The summed E-state index contributed by atoms with van der Waals surface area (Å²) in [6, 6.07) is 5.39. The van der Waals surface area contributed by atoms with E-state index in [1.807, 2.05) is 19.9 Å². The van der Waals surface area contributed by atoms with Gasteiger partial charge in [-0.3, -0.25) is 0 Å². The van der Waals surface area contributed by atoms with Gasteiger partial charge in [-0.25, -0.2) is 0 Å². The lowest BCUT2D eigenvalue weighted by Gasteiger charge is -2.28. The number of benzene rings is 1. The molecule has 0 saturated carbocycles. The molecule has 0 radical (unpaired) electrons. The van der Waals surface area contributed by atoms with E-state index in [-0.39, 0.29) is 12.5 Å². The first kappa shape index (κ1) is 14.3. The Morgan fingerprint density at radius 2 is 2.12 bits per heavy atom. The van der Waals surface area contributed by atoms with Gasteiger partial charge < -0.3 is 15.6 Å². The second-order valence-corrected chi connectivity index (χ2v) is 5.13. The molecule has 0 saturated heterocycles. The van der Waals surface area contributed by atoms with E-state index in [0.29, 0.717) is 17.3 Å². The van der Waals surface area contributed by atoms with E-state index in [2.05, 4.69) is 0 Å². The molecule has 1 unspecified atom stereocenters. The van der Waals surface area contributed by atoms with E-state index in [1.165, 1.54) is 0 Å². The standard InChI is InChI=1S/C13H20ClNO2/c1-9(2)13(3,16)8-17-12-6-4-5-11(14)10(12)7-15/h4-6,9,16H,7-8,15H2,1-3H3. The molecule has 0 fully saturated rings. The van der Waals surface area contributed by atoms with Gasteiger partial charge in [0.15, 0.2) is 0 Å². The summed E-state index contributed by atoms with van der Waals surface area (Å²) in [6.07, 6.45) is 0. The third kappa shape index (κ3) is 3.60. The zero-order valence-electron chi connectivity index (χ0n) is 10.5. The number of nitrogens with two attached hydrogens (primary N) is 1. The highest BCUT2D eigenvalue weighted by molar-refractivity contribution is 6.31. The monoisotopic (exact) mass is 257 g/mol. The van der Waals surface area contributed by atoms with Crippen LogP contribution in [0.3, 0.4) is 0 Å². The van der Waals surface area contributed by atoms with Gasteiger partial charge in [-0.1, -0.05) is 31.5 Å². The fraction of sp³-hybridized carbons (Fsp3) is 0.538. The second-order valence-electron chi connectivity index (χ2n) is 4.72. The molecule has 0 aliphatic carbocycles. The molecule has 0 spiro atoms. The van der Waals surface area contributed by atoms with Gasteiger partial charge in [-0.15, -0.1) is 0 Å². The molecule has 1 aromatic carbocycles. The summed E-state index contributed by atoms with van der Waals surface area (Å²) in [5, 5.41) is 10.7. The summed E-state index contributed by atoms with van der Waals surface area (Å²) >= 11 is 6.02. The molecule has 1 aromatic rings. The molecule has 96 valence electrons. The number of hydrogen-bond donors (Lipinski definition) is 2. The van der Waals surface area contributed by atoms with Crippen LogP contribution in [0.1, 0.15) is 26.3 Å². The molecular weight excluding hydrogens is 238 g/mol. The van der Waals surface area contributed by atoms with Crippen molar-refractivity contribution in [3.05, 3.63) is 28.8 Å². The van der Waals surface area contributed by atoms with Crippen LogP contribution in [-0.4, -0.2) is 17.3 Å². The first-order chi connectivity index (χ1) is 7.88. The van der Waals surface area contributed by atoms with Crippen molar-refractivity contribution in [2.24, 2.45) is 11.7 Å². The maximum absolute atomic E-state index is 10.1. The van der Waals surface area contributed by atoms with Crippen molar-refractivity contribution in [1.82, 2.24) is 0 Å². The molecule has 0 bridgehead atoms. The predicted octanol–water partition coefficient (Wildman–Crippen LogP) is 2.58. The summed E-state index contributed by atoms with van der Waals surface area (Å²) in [7, 11) is 0. The molecule has 0 amide bonds. The van der Waals surface area contributed by atoms with E-state index in [0.717, 1.165) is 5.56 Å². The third-order valence-electron chi connectivity index (χ3n) is 3.04. The Hall–Kier alpha value is -0.770. The highest BCUT2D eigenvalue weighted by Gasteiger charge is 2.26. The Morgan fingerprint density at radius 1 is 1.47 bits per heavy atom. The van der Waals surface area contributed by atoms with Gasteiger partial charge in [0.25, 0.3) is 0 Å². The SMILES string of the molecule is CC(C)C(C)(O)COc1cccc(Cl)c1CN. The number of rotatable bonds is 5. The Kier molecular flexibility index (Phi) is 4.80. The van der Waals surface area contributed by atoms with Gasteiger partial charge in [-0.05, 0) is 25.0 Å². The fourth-order valence-corrected chi connectivity index (χ4v) is 1.51. The predicted molar refractivity (Wildman–Crippen MR) is 70.3 cm³/mol. The Labute approximate surface area is 108 Å².